The van der Waals surface area contributed by atoms with Gasteiger partial charge in [-0.25, -0.2) is 13.4 Å². The van der Waals surface area contributed by atoms with E-state index in [-0.39, 0.29) is 22.5 Å². The van der Waals surface area contributed by atoms with Crippen LogP contribution < -0.4 is 10.5 Å². The zero-order valence-electron chi connectivity index (χ0n) is 15.0. The number of nitrogens with one attached hydrogen (secondary N) is 1. The van der Waals surface area contributed by atoms with Gasteiger partial charge < -0.3 is 10.3 Å². The van der Waals surface area contributed by atoms with Crippen LogP contribution in [0.5, 0.6) is 0 Å². The van der Waals surface area contributed by atoms with Gasteiger partial charge in [-0.15, -0.1) is 0 Å². The summed E-state index contributed by atoms with van der Waals surface area (Å²) in [6, 6.07) is 2.05. The first kappa shape index (κ1) is 21.4. The number of pyridine rings is 1. The van der Waals surface area contributed by atoms with E-state index in [9.17, 15) is 26.4 Å². The summed E-state index contributed by atoms with van der Waals surface area (Å²) in [6.45, 7) is 2.19. The summed E-state index contributed by atoms with van der Waals surface area (Å²) in [5, 5.41) is 9.09. The summed E-state index contributed by atoms with van der Waals surface area (Å²) in [5.41, 5.74) is 5.29. The molecule has 2 aromatic heterocycles. The second kappa shape index (κ2) is 7.25. The quantitative estimate of drug-likeness (QED) is 0.766. The maximum absolute atomic E-state index is 12.8. The Kier molecular flexibility index (Phi) is 5.54. The minimum atomic E-state index is -4.81. The fourth-order valence-corrected chi connectivity index (χ4v) is 4.12. The summed E-state index contributed by atoms with van der Waals surface area (Å²) < 4.78 is 66.5. The highest BCUT2D eigenvalue weighted by atomic mass is 32.2. The molecule has 0 saturated carbocycles. The molecule has 0 aromatic carbocycles. The van der Waals surface area contributed by atoms with Crippen molar-refractivity contribution in [1.29, 1.82) is 5.26 Å². The predicted octanol–water partition coefficient (Wildman–Crippen LogP) is 1.60. The number of hydrogen-bond acceptors (Lipinski definition) is 5. The highest BCUT2D eigenvalue weighted by molar-refractivity contribution is 7.89. The second-order valence-electron chi connectivity index (χ2n) is 6.07. The van der Waals surface area contributed by atoms with Gasteiger partial charge in [-0.05, 0) is 31.5 Å². The van der Waals surface area contributed by atoms with Crippen LogP contribution in [-0.4, -0.2) is 36.1 Å². The van der Waals surface area contributed by atoms with Crippen LogP contribution >= 0.6 is 0 Å². The Morgan fingerprint density at radius 2 is 2.00 bits per heavy atom. The molecule has 1 atom stereocenters. The van der Waals surface area contributed by atoms with Crippen LogP contribution in [-0.2, 0) is 17.1 Å². The minimum absolute atomic E-state index is 0.0609. The zero-order valence-corrected chi connectivity index (χ0v) is 15.8. The molecule has 0 spiro atoms. The molecule has 150 valence electrons. The van der Waals surface area contributed by atoms with Gasteiger partial charge in [0.2, 0.25) is 10.0 Å². The molecule has 2 aromatic rings. The first-order valence-corrected chi connectivity index (χ1v) is 9.23. The summed E-state index contributed by atoms with van der Waals surface area (Å²) in [4.78, 5) is 15.3. The number of alkyl halides is 3. The third kappa shape index (κ3) is 4.15. The smallest absolute Gasteiger partial charge is 0.364 e. The number of nitrogens with zero attached hydrogens (tertiary/aromatic N) is 3. The Morgan fingerprint density at radius 3 is 2.50 bits per heavy atom. The highest BCUT2D eigenvalue weighted by Crippen LogP contribution is 2.34. The van der Waals surface area contributed by atoms with Crippen molar-refractivity contribution in [3.05, 3.63) is 35.4 Å². The molecular formula is C16H16F3N5O3S. The van der Waals surface area contributed by atoms with Gasteiger partial charge >= 0.3 is 6.18 Å². The maximum Gasteiger partial charge on any atom is 0.404 e. The Bertz CT molecular complexity index is 1080. The number of aryl methyl sites for hydroxylation is 2. The van der Waals surface area contributed by atoms with Gasteiger partial charge in [-0.3, -0.25) is 4.79 Å². The van der Waals surface area contributed by atoms with Gasteiger partial charge in [-0.2, -0.15) is 23.2 Å². The van der Waals surface area contributed by atoms with Gasteiger partial charge in [-0.1, -0.05) is 0 Å². The lowest BCUT2D eigenvalue weighted by molar-refractivity contribution is -0.147. The molecule has 0 saturated heterocycles. The number of hydrogen-bond donors (Lipinski definition) is 2. The van der Waals surface area contributed by atoms with Crippen molar-refractivity contribution in [2.45, 2.75) is 31.0 Å². The van der Waals surface area contributed by atoms with Gasteiger partial charge in [0.05, 0.1) is 0 Å². The SMILES string of the molecule is Cc1cc(-c2c(S(=O)(=O)N[C@H](C)C(F)(F)F)cn(C)c2C(N)=O)cc(C#N)n1. The van der Waals surface area contributed by atoms with Gasteiger partial charge in [0.15, 0.2) is 0 Å². The molecule has 12 heteroatoms. The Labute approximate surface area is 158 Å². The lowest BCUT2D eigenvalue weighted by atomic mass is 10.0. The van der Waals surface area contributed by atoms with Crippen molar-refractivity contribution in [2.75, 3.05) is 0 Å². The van der Waals surface area contributed by atoms with Gasteiger partial charge in [0.25, 0.3) is 5.91 Å². The Morgan fingerprint density at radius 1 is 1.39 bits per heavy atom. The molecule has 3 N–H and O–H groups in total. The standard InChI is InChI=1S/C16H16F3N5O3S/c1-8-4-10(5-11(6-20)22-8)13-12(7-24(3)14(13)15(21)25)28(26,27)23-9(2)16(17,18)19/h4-5,7,9,23H,1-3H3,(H2,21,25)/t9-/m1/s1. The molecule has 2 rings (SSSR count). The monoisotopic (exact) mass is 415 g/mol. The van der Waals surface area contributed by atoms with Crippen molar-refractivity contribution in [3.63, 3.8) is 0 Å². The molecule has 28 heavy (non-hydrogen) atoms. The average molecular weight is 415 g/mol. The van der Waals surface area contributed by atoms with Crippen LogP contribution in [0.4, 0.5) is 13.2 Å². The molecule has 0 aliphatic carbocycles. The van der Waals surface area contributed by atoms with E-state index >= 15 is 0 Å². The fraction of sp³-hybridized carbons (Fsp3) is 0.312. The minimum Gasteiger partial charge on any atom is -0.364 e. The molecule has 8 nitrogen and oxygen atoms in total. The first-order chi connectivity index (χ1) is 12.8. The number of carbonyl (C=O) groups excluding carboxylic acids is 1. The number of halogens is 3. The van der Waals surface area contributed by atoms with E-state index < -0.39 is 33.0 Å². The number of nitriles is 1. The van der Waals surface area contributed by atoms with Crippen molar-refractivity contribution >= 4 is 15.9 Å². The van der Waals surface area contributed by atoms with E-state index in [1.165, 1.54) is 26.1 Å². The topological polar surface area (TPSA) is 131 Å². The van der Waals surface area contributed by atoms with E-state index in [0.717, 1.165) is 10.8 Å². The average Bonchev–Trinajstić information content (AvgIpc) is 2.91. The van der Waals surface area contributed by atoms with Gasteiger partial charge in [0, 0.05) is 24.5 Å². The number of amides is 1. The second-order valence-corrected chi connectivity index (χ2v) is 7.75. The highest BCUT2D eigenvalue weighted by Gasteiger charge is 2.40. The van der Waals surface area contributed by atoms with Crippen molar-refractivity contribution in [3.8, 4) is 17.2 Å². The van der Waals surface area contributed by atoms with Crippen molar-refractivity contribution in [2.24, 2.45) is 12.8 Å². The normalized spacial score (nSPS) is 13.2. The van der Waals surface area contributed by atoms with Crippen molar-refractivity contribution in [1.82, 2.24) is 14.3 Å². The largest absolute Gasteiger partial charge is 0.404 e. The van der Waals surface area contributed by atoms with E-state index in [2.05, 4.69) is 4.98 Å². The predicted molar refractivity (Wildman–Crippen MR) is 92.5 cm³/mol. The van der Waals surface area contributed by atoms with Gasteiger partial charge in [0.1, 0.15) is 28.4 Å². The van der Waals surface area contributed by atoms with Crippen LogP contribution in [0.2, 0.25) is 0 Å². The van der Waals surface area contributed by atoms with Crippen LogP contribution in [0.25, 0.3) is 11.1 Å². The van der Waals surface area contributed by atoms with E-state index in [4.69, 9.17) is 11.0 Å². The van der Waals surface area contributed by atoms with Crippen LogP contribution in [0.15, 0.2) is 23.2 Å². The molecule has 0 aliphatic heterocycles. The van der Waals surface area contributed by atoms with E-state index in [1.54, 1.807) is 10.8 Å². The molecule has 0 aliphatic rings. The molecule has 0 bridgehead atoms. The van der Waals surface area contributed by atoms with Crippen LogP contribution in [0, 0.1) is 18.3 Å². The van der Waals surface area contributed by atoms with Crippen molar-refractivity contribution < 1.29 is 26.4 Å². The van der Waals surface area contributed by atoms with E-state index in [1.807, 2.05) is 0 Å². The number of sulfonamides is 1. The maximum atomic E-state index is 12.8. The summed E-state index contributed by atoms with van der Waals surface area (Å²) >= 11 is 0. The molecule has 2 heterocycles. The van der Waals surface area contributed by atoms with Crippen LogP contribution in [0.1, 0.15) is 28.8 Å². The molecular weight excluding hydrogens is 399 g/mol. The molecule has 0 fully saturated rings. The number of nitrogens with two attached hydrogens (primary N) is 1. The Balaban J connectivity index is 2.78. The third-order valence-electron chi connectivity index (χ3n) is 3.85. The molecule has 0 radical (unpaired) electrons. The zero-order chi connectivity index (χ0) is 21.4. The lowest BCUT2D eigenvalue weighted by Crippen LogP contribution is -2.43. The first-order valence-electron chi connectivity index (χ1n) is 7.75. The summed E-state index contributed by atoms with van der Waals surface area (Å²) in [7, 11) is -3.36. The number of primary amides is 1. The Hall–Kier alpha value is -2.91. The number of carbonyl (C=O) groups is 1. The van der Waals surface area contributed by atoms with E-state index in [0.29, 0.717) is 12.6 Å². The summed E-state index contributed by atoms with van der Waals surface area (Å²) in [5.74, 6) is -0.990. The lowest BCUT2D eigenvalue weighted by Gasteiger charge is -2.17. The molecule has 0 unspecified atom stereocenters. The fourth-order valence-electron chi connectivity index (χ4n) is 2.61. The summed E-state index contributed by atoms with van der Waals surface area (Å²) in [6.07, 6.45) is -3.82. The number of aromatic nitrogens is 2. The molecule has 1 amide bonds. The van der Waals surface area contributed by atoms with Crippen LogP contribution in [0.3, 0.4) is 0 Å². The third-order valence-corrected chi connectivity index (χ3v) is 5.40. The number of rotatable bonds is 5.